The molecule has 8 nitrogen and oxygen atoms in total. The fourth-order valence-electron chi connectivity index (χ4n) is 2.74. The van der Waals surface area contributed by atoms with Gasteiger partial charge in [0, 0.05) is 17.5 Å². The third-order valence-corrected chi connectivity index (χ3v) is 5.31. The molecule has 152 valence electrons. The molecule has 2 aromatic carbocycles. The number of urea groups is 1. The van der Waals surface area contributed by atoms with Crippen LogP contribution in [0.3, 0.4) is 0 Å². The van der Waals surface area contributed by atoms with E-state index in [1.54, 1.807) is 12.1 Å². The summed E-state index contributed by atoms with van der Waals surface area (Å²) >= 11 is 1.24. The fraction of sp³-hybridized carbons (Fsp3) is 0.0952. The van der Waals surface area contributed by atoms with Crippen LogP contribution in [-0.2, 0) is 9.59 Å². The van der Waals surface area contributed by atoms with Crippen LogP contribution in [0, 0.1) is 17.0 Å². The summed E-state index contributed by atoms with van der Waals surface area (Å²) in [4.78, 5) is 49.5. The number of benzene rings is 2. The summed E-state index contributed by atoms with van der Waals surface area (Å²) in [6.07, 6.45) is 2.58. The van der Waals surface area contributed by atoms with E-state index in [-0.39, 0.29) is 17.8 Å². The molecule has 0 aliphatic carbocycles. The molecule has 3 rings (SSSR count). The third kappa shape index (κ3) is 4.47. The van der Waals surface area contributed by atoms with Gasteiger partial charge in [-0.25, -0.2) is 4.79 Å². The van der Waals surface area contributed by atoms with Crippen LogP contribution in [-0.4, -0.2) is 34.2 Å². The van der Waals surface area contributed by atoms with Crippen molar-refractivity contribution in [3.8, 4) is 0 Å². The van der Waals surface area contributed by atoms with Crippen LogP contribution in [0.1, 0.15) is 11.1 Å². The number of imide groups is 2. The fourth-order valence-corrected chi connectivity index (χ4v) is 3.64. The van der Waals surface area contributed by atoms with Crippen molar-refractivity contribution in [3.63, 3.8) is 0 Å². The molecule has 0 atom stereocenters. The topological polar surface area (TPSA) is 110 Å². The molecule has 0 unspecified atom stereocenters. The Morgan fingerprint density at radius 1 is 1.17 bits per heavy atom. The van der Waals surface area contributed by atoms with Crippen LogP contribution in [0.15, 0.2) is 70.5 Å². The number of hydrogen-bond donors (Lipinski definition) is 1. The molecule has 0 radical (unpaired) electrons. The van der Waals surface area contributed by atoms with Gasteiger partial charge >= 0.3 is 6.03 Å². The van der Waals surface area contributed by atoms with Gasteiger partial charge in [-0.3, -0.25) is 29.9 Å². The van der Waals surface area contributed by atoms with Crippen LogP contribution in [0.4, 0.5) is 10.5 Å². The Kier molecular flexibility index (Phi) is 6.12. The van der Waals surface area contributed by atoms with E-state index in [9.17, 15) is 24.5 Å². The summed E-state index contributed by atoms with van der Waals surface area (Å²) in [5, 5.41) is 13.7. The molecular formula is C21H17N3O5S. The lowest BCUT2D eigenvalue weighted by Crippen LogP contribution is -2.54. The van der Waals surface area contributed by atoms with Gasteiger partial charge in [0.2, 0.25) is 0 Å². The quantitative estimate of drug-likeness (QED) is 0.249. The first kappa shape index (κ1) is 21.0. The average Bonchev–Trinajstić information content (AvgIpc) is 2.71. The van der Waals surface area contributed by atoms with E-state index < -0.39 is 22.8 Å². The van der Waals surface area contributed by atoms with Crippen molar-refractivity contribution in [2.45, 2.75) is 16.7 Å². The lowest BCUT2D eigenvalue weighted by Gasteiger charge is -2.25. The Morgan fingerprint density at radius 2 is 1.87 bits per heavy atom. The Bertz CT molecular complexity index is 1090. The molecule has 2 aromatic rings. The van der Waals surface area contributed by atoms with E-state index in [0.29, 0.717) is 10.5 Å². The summed E-state index contributed by atoms with van der Waals surface area (Å²) in [5.41, 5.74) is 0.930. The molecular weight excluding hydrogens is 406 g/mol. The molecule has 0 saturated carbocycles. The van der Waals surface area contributed by atoms with Crippen LogP contribution in [0.25, 0.3) is 6.08 Å². The van der Waals surface area contributed by atoms with Gasteiger partial charge in [-0.2, -0.15) is 0 Å². The van der Waals surface area contributed by atoms with E-state index in [1.807, 2.05) is 31.2 Å². The number of aryl methyl sites for hydroxylation is 1. The number of carbonyl (C=O) groups excluding carboxylic acids is 3. The first-order valence-corrected chi connectivity index (χ1v) is 9.64. The monoisotopic (exact) mass is 423 g/mol. The van der Waals surface area contributed by atoms with Crippen molar-refractivity contribution < 1.29 is 19.3 Å². The highest BCUT2D eigenvalue weighted by Gasteiger charge is 2.35. The molecule has 0 aromatic heterocycles. The zero-order chi connectivity index (χ0) is 21.8. The molecule has 1 fully saturated rings. The van der Waals surface area contributed by atoms with Gasteiger partial charge in [0.25, 0.3) is 17.5 Å². The van der Waals surface area contributed by atoms with Gasteiger partial charge in [0.1, 0.15) is 5.57 Å². The smallest absolute Gasteiger partial charge is 0.273 e. The van der Waals surface area contributed by atoms with E-state index in [2.05, 4.69) is 11.9 Å². The molecule has 0 spiro atoms. The van der Waals surface area contributed by atoms with E-state index >= 15 is 0 Å². The summed E-state index contributed by atoms with van der Waals surface area (Å²) in [6.45, 7) is 5.36. The highest BCUT2D eigenvalue weighted by molar-refractivity contribution is 7.99. The van der Waals surface area contributed by atoms with Crippen molar-refractivity contribution in [2.24, 2.45) is 0 Å². The standard InChI is InChI=1S/C21H17N3O5S/c1-3-10-23-20(26)16(19(25)22-21(23)27)11-14-6-9-18(17(12-14)24(28)29)30-15-7-4-13(2)5-8-15/h3-9,11-12H,1,10H2,2H3,(H,22,25,27)/b16-11+. The largest absolute Gasteiger partial charge is 0.331 e. The van der Waals surface area contributed by atoms with Crippen LogP contribution in [0.2, 0.25) is 0 Å². The lowest BCUT2D eigenvalue weighted by atomic mass is 10.1. The highest BCUT2D eigenvalue weighted by Crippen LogP contribution is 2.36. The van der Waals surface area contributed by atoms with Gasteiger partial charge in [-0.15, -0.1) is 6.58 Å². The molecule has 30 heavy (non-hydrogen) atoms. The van der Waals surface area contributed by atoms with Crippen molar-refractivity contribution in [2.75, 3.05) is 6.54 Å². The first-order chi connectivity index (χ1) is 14.3. The second kappa shape index (κ2) is 8.75. The summed E-state index contributed by atoms with van der Waals surface area (Å²) in [5.74, 6) is -1.64. The molecule has 1 aliphatic heterocycles. The normalized spacial score (nSPS) is 15.3. The van der Waals surface area contributed by atoms with Crippen molar-refractivity contribution in [1.82, 2.24) is 10.2 Å². The Morgan fingerprint density at radius 3 is 2.50 bits per heavy atom. The van der Waals surface area contributed by atoms with Crippen LogP contribution in [0.5, 0.6) is 0 Å². The molecule has 1 N–H and O–H groups in total. The van der Waals surface area contributed by atoms with E-state index in [0.717, 1.165) is 15.4 Å². The third-order valence-electron chi connectivity index (χ3n) is 4.24. The first-order valence-electron chi connectivity index (χ1n) is 8.83. The number of nitro groups is 1. The second-order valence-electron chi connectivity index (χ2n) is 6.42. The van der Waals surface area contributed by atoms with Gasteiger partial charge in [0.05, 0.1) is 9.82 Å². The van der Waals surface area contributed by atoms with Gasteiger partial charge in [-0.1, -0.05) is 41.6 Å². The predicted octanol–water partition coefficient (Wildman–Crippen LogP) is 3.70. The number of rotatable bonds is 6. The predicted molar refractivity (Wildman–Crippen MR) is 112 cm³/mol. The molecule has 0 bridgehead atoms. The van der Waals surface area contributed by atoms with E-state index in [1.165, 1.54) is 30.0 Å². The van der Waals surface area contributed by atoms with Crippen LogP contribution < -0.4 is 5.32 Å². The number of barbiturate groups is 1. The zero-order valence-corrected chi connectivity index (χ0v) is 16.8. The maximum absolute atomic E-state index is 12.5. The van der Waals surface area contributed by atoms with Crippen molar-refractivity contribution in [1.29, 1.82) is 0 Å². The minimum Gasteiger partial charge on any atom is -0.273 e. The summed E-state index contributed by atoms with van der Waals surface area (Å²) in [6, 6.07) is 11.2. The second-order valence-corrected chi connectivity index (χ2v) is 7.54. The summed E-state index contributed by atoms with van der Waals surface area (Å²) < 4.78 is 0. The lowest BCUT2D eigenvalue weighted by molar-refractivity contribution is -0.387. The Labute approximate surface area is 176 Å². The maximum Gasteiger partial charge on any atom is 0.331 e. The Hall–Kier alpha value is -3.72. The van der Waals surface area contributed by atoms with Crippen molar-refractivity contribution in [3.05, 3.63) is 81.9 Å². The SMILES string of the molecule is C=CCN1C(=O)NC(=O)/C(=C\c2ccc(Sc3ccc(C)cc3)c([N+](=O)[O-])c2)C1=O. The maximum atomic E-state index is 12.5. The molecule has 1 aliphatic rings. The molecule has 1 heterocycles. The highest BCUT2D eigenvalue weighted by atomic mass is 32.2. The number of hydrogen-bond acceptors (Lipinski definition) is 6. The minimum atomic E-state index is -0.855. The van der Waals surface area contributed by atoms with E-state index in [4.69, 9.17) is 0 Å². The molecule has 4 amide bonds. The minimum absolute atomic E-state index is 0.0679. The number of amides is 4. The average molecular weight is 423 g/mol. The number of nitrogens with one attached hydrogen (secondary N) is 1. The number of nitrogens with zero attached hydrogens (tertiary/aromatic N) is 2. The molecule has 1 saturated heterocycles. The zero-order valence-electron chi connectivity index (χ0n) is 16.0. The van der Waals surface area contributed by atoms with Crippen LogP contribution >= 0.6 is 11.8 Å². The molecule has 9 heteroatoms. The van der Waals surface area contributed by atoms with Gasteiger partial charge in [0.15, 0.2) is 0 Å². The van der Waals surface area contributed by atoms with Gasteiger partial charge < -0.3 is 0 Å². The van der Waals surface area contributed by atoms with Crippen molar-refractivity contribution >= 4 is 41.4 Å². The summed E-state index contributed by atoms with van der Waals surface area (Å²) in [7, 11) is 0. The Balaban J connectivity index is 1.95. The number of nitro benzene ring substituents is 1. The van der Waals surface area contributed by atoms with Gasteiger partial charge in [-0.05, 0) is 36.8 Å². The number of carbonyl (C=O) groups is 3.